The van der Waals surface area contributed by atoms with Crippen LogP contribution in [0.2, 0.25) is 0 Å². The number of guanidine groups is 1. The van der Waals surface area contributed by atoms with E-state index in [1.807, 2.05) is 0 Å². The minimum atomic E-state index is -0.894. The van der Waals surface area contributed by atoms with E-state index in [1.54, 1.807) is 6.92 Å². The second-order valence-electron chi connectivity index (χ2n) is 7.97. The molecule has 1 saturated heterocycles. The Morgan fingerprint density at radius 1 is 1.30 bits per heavy atom. The van der Waals surface area contributed by atoms with Crippen molar-refractivity contribution in [2.45, 2.75) is 70.4 Å². The Morgan fingerprint density at radius 3 is 2.77 bits per heavy atom. The number of hydrogen-bond donors (Lipinski definition) is 3. The molecule has 2 aliphatic heterocycles. The van der Waals surface area contributed by atoms with Gasteiger partial charge in [0.2, 0.25) is 0 Å². The van der Waals surface area contributed by atoms with E-state index in [0.717, 1.165) is 25.7 Å². The molecule has 0 aromatic carbocycles. The van der Waals surface area contributed by atoms with Gasteiger partial charge in [0.05, 0.1) is 13.2 Å². The number of unbranched alkanes of at least 4 members (excludes halogenated alkanes) is 2. The molecule has 1 aromatic heterocycles. The van der Waals surface area contributed by atoms with E-state index in [9.17, 15) is 9.59 Å². The van der Waals surface area contributed by atoms with Crippen LogP contribution in [-0.4, -0.2) is 59.6 Å². The number of aromatic nitrogens is 2. The Hall–Kier alpha value is -2.17. The van der Waals surface area contributed by atoms with E-state index in [0.29, 0.717) is 18.8 Å². The number of aliphatic imine (C=N–C) groups is 1. The van der Waals surface area contributed by atoms with Gasteiger partial charge in [0.15, 0.2) is 12.2 Å². The molecular formula is C20H33N5O5. The monoisotopic (exact) mass is 423 g/mol. The third-order valence-electron chi connectivity index (χ3n) is 5.54. The van der Waals surface area contributed by atoms with Crippen molar-refractivity contribution in [3.8, 4) is 0 Å². The van der Waals surface area contributed by atoms with Crippen molar-refractivity contribution < 1.29 is 14.2 Å². The molecule has 0 aliphatic carbocycles. The van der Waals surface area contributed by atoms with Crippen LogP contribution in [0, 0.1) is 6.92 Å². The maximum Gasteiger partial charge on any atom is 0.330 e. The molecule has 0 radical (unpaired) electrons. The second-order valence-corrected chi connectivity index (χ2v) is 7.97. The molecule has 168 valence electrons. The van der Waals surface area contributed by atoms with Gasteiger partial charge in [0.1, 0.15) is 17.7 Å². The number of ether oxygens (including phenoxy) is 3. The molecule has 10 heteroatoms. The van der Waals surface area contributed by atoms with Crippen LogP contribution in [0.25, 0.3) is 0 Å². The highest BCUT2D eigenvalue weighted by Gasteiger charge is 2.58. The molecule has 0 saturated carbocycles. The quantitative estimate of drug-likeness (QED) is 0.464. The smallest absolute Gasteiger partial charge is 0.330 e. The number of fused-ring (bicyclic) bond motifs is 2. The van der Waals surface area contributed by atoms with Gasteiger partial charge >= 0.3 is 5.69 Å². The van der Waals surface area contributed by atoms with Crippen LogP contribution in [0.1, 0.15) is 51.3 Å². The van der Waals surface area contributed by atoms with Crippen molar-refractivity contribution in [2.24, 2.45) is 10.7 Å². The molecule has 3 rings (SSSR count). The van der Waals surface area contributed by atoms with Gasteiger partial charge in [-0.1, -0.05) is 26.7 Å². The molecule has 0 amide bonds. The van der Waals surface area contributed by atoms with Gasteiger partial charge in [-0.3, -0.25) is 19.3 Å². The van der Waals surface area contributed by atoms with Crippen LogP contribution >= 0.6 is 0 Å². The van der Waals surface area contributed by atoms with E-state index < -0.39 is 35.2 Å². The normalized spacial score (nSPS) is 28.1. The SMILES string of the molecule is CCCCOCC12CN=C(N)NC(C(n3cc(C)c(=O)[nH]c3=O)O1)C2OCCCC. The Balaban J connectivity index is 1.98. The van der Waals surface area contributed by atoms with Crippen molar-refractivity contribution in [3.05, 3.63) is 32.6 Å². The lowest BCUT2D eigenvalue weighted by molar-refractivity contribution is -0.146. The summed E-state index contributed by atoms with van der Waals surface area (Å²) in [4.78, 5) is 31.1. The molecule has 3 heterocycles. The minimum absolute atomic E-state index is 0.249. The lowest BCUT2D eigenvalue weighted by Gasteiger charge is -2.32. The summed E-state index contributed by atoms with van der Waals surface area (Å²) in [5.41, 5.74) is 4.60. The highest BCUT2D eigenvalue weighted by atomic mass is 16.6. The van der Waals surface area contributed by atoms with Gasteiger partial charge in [0.25, 0.3) is 5.56 Å². The van der Waals surface area contributed by atoms with Crippen LogP contribution in [-0.2, 0) is 14.2 Å². The largest absolute Gasteiger partial charge is 0.378 e. The summed E-state index contributed by atoms with van der Waals surface area (Å²) in [6.45, 7) is 7.50. The summed E-state index contributed by atoms with van der Waals surface area (Å²) in [5, 5.41) is 3.15. The Bertz CT molecular complexity index is 866. The first-order chi connectivity index (χ1) is 14.4. The van der Waals surface area contributed by atoms with E-state index in [1.165, 1.54) is 10.8 Å². The van der Waals surface area contributed by atoms with Gasteiger partial charge in [-0.2, -0.15) is 0 Å². The fourth-order valence-corrected chi connectivity index (χ4v) is 3.84. The van der Waals surface area contributed by atoms with Crippen molar-refractivity contribution in [1.29, 1.82) is 0 Å². The van der Waals surface area contributed by atoms with E-state index in [2.05, 4.69) is 29.1 Å². The van der Waals surface area contributed by atoms with Crippen LogP contribution in [0.5, 0.6) is 0 Å². The molecule has 4 unspecified atom stereocenters. The zero-order chi connectivity index (χ0) is 21.7. The molecule has 30 heavy (non-hydrogen) atoms. The number of hydrogen-bond acceptors (Lipinski definition) is 8. The average molecular weight is 424 g/mol. The fraction of sp³-hybridized carbons (Fsp3) is 0.750. The van der Waals surface area contributed by atoms with E-state index in [4.69, 9.17) is 19.9 Å². The molecular weight excluding hydrogens is 390 g/mol. The van der Waals surface area contributed by atoms with Gasteiger partial charge < -0.3 is 25.3 Å². The first-order valence-corrected chi connectivity index (χ1v) is 10.7. The molecule has 4 atom stereocenters. The van der Waals surface area contributed by atoms with Gasteiger partial charge in [-0.05, 0) is 19.8 Å². The molecule has 2 aliphatic rings. The topological polar surface area (TPSA) is 133 Å². The van der Waals surface area contributed by atoms with Crippen molar-refractivity contribution in [3.63, 3.8) is 0 Å². The van der Waals surface area contributed by atoms with Crippen LogP contribution in [0.4, 0.5) is 0 Å². The minimum Gasteiger partial charge on any atom is -0.378 e. The summed E-state index contributed by atoms with van der Waals surface area (Å²) < 4.78 is 20.0. The third kappa shape index (κ3) is 4.60. The number of nitrogens with two attached hydrogens (primary N) is 1. The van der Waals surface area contributed by atoms with Crippen LogP contribution in [0.3, 0.4) is 0 Å². The predicted octanol–water partition coefficient (Wildman–Crippen LogP) is 0.401. The third-order valence-corrected chi connectivity index (χ3v) is 5.54. The average Bonchev–Trinajstić information content (AvgIpc) is 2.92. The number of rotatable bonds is 10. The van der Waals surface area contributed by atoms with Crippen LogP contribution < -0.4 is 22.3 Å². The summed E-state index contributed by atoms with van der Waals surface area (Å²) in [6.07, 6.45) is 4.19. The zero-order valence-electron chi connectivity index (χ0n) is 18.0. The summed E-state index contributed by atoms with van der Waals surface area (Å²) in [5.74, 6) is 0.266. The molecule has 2 bridgehead atoms. The second kappa shape index (κ2) is 9.76. The summed E-state index contributed by atoms with van der Waals surface area (Å²) in [7, 11) is 0. The first-order valence-electron chi connectivity index (χ1n) is 10.7. The highest BCUT2D eigenvalue weighted by molar-refractivity contribution is 5.78. The number of aryl methyl sites for hydroxylation is 1. The standard InChI is InChI=1S/C20H33N5O5/c1-4-6-8-28-12-20-11-22-18(21)23-14(15(20)29-9-7-5-2)17(30-20)25-10-13(3)16(26)24-19(25)27/h10,14-15,17H,4-9,11-12H2,1-3H3,(H3,21,22,23)(H,24,26,27). The predicted molar refractivity (Wildman–Crippen MR) is 113 cm³/mol. The summed E-state index contributed by atoms with van der Waals surface area (Å²) in [6, 6.07) is -0.467. The molecule has 4 N–H and O–H groups in total. The molecule has 10 nitrogen and oxygen atoms in total. The zero-order valence-corrected chi connectivity index (χ0v) is 18.0. The van der Waals surface area contributed by atoms with E-state index >= 15 is 0 Å². The van der Waals surface area contributed by atoms with Gasteiger partial charge in [0, 0.05) is 25.0 Å². The Labute approximate surface area is 175 Å². The van der Waals surface area contributed by atoms with Crippen molar-refractivity contribution in [1.82, 2.24) is 14.9 Å². The number of nitrogens with one attached hydrogen (secondary N) is 2. The van der Waals surface area contributed by atoms with Gasteiger partial charge in [-0.25, -0.2) is 4.79 Å². The number of H-pyrrole nitrogens is 1. The van der Waals surface area contributed by atoms with Crippen molar-refractivity contribution >= 4 is 5.96 Å². The number of nitrogens with zero attached hydrogens (tertiary/aromatic N) is 2. The maximum atomic E-state index is 12.6. The van der Waals surface area contributed by atoms with Crippen LogP contribution in [0.15, 0.2) is 20.8 Å². The lowest BCUT2D eigenvalue weighted by Crippen LogP contribution is -2.53. The molecule has 0 spiro atoms. The molecule has 1 fully saturated rings. The fourth-order valence-electron chi connectivity index (χ4n) is 3.84. The van der Waals surface area contributed by atoms with Gasteiger partial charge in [-0.15, -0.1) is 0 Å². The molecule has 1 aromatic rings. The highest BCUT2D eigenvalue weighted by Crippen LogP contribution is 2.40. The summed E-state index contributed by atoms with van der Waals surface area (Å²) >= 11 is 0. The lowest BCUT2D eigenvalue weighted by atomic mass is 9.94. The van der Waals surface area contributed by atoms with E-state index in [-0.39, 0.29) is 19.1 Å². The number of aromatic amines is 1. The first kappa shape index (κ1) is 22.5. The Kier molecular flexibility index (Phi) is 7.32. The maximum absolute atomic E-state index is 12.6. The van der Waals surface area contributed by atoms with Crippen molar-refractivity contribution in [2.75, 3.05) is 26.4 Å². The Morgan fingerprint density at radius 2 is 2.03 bits per heavy atom.